The van der Waals surface area contributed by atoms with E-state index in [1.807, 2.05) is 0 Å². The summed E-state index contributed by atoms with van der Waals surface area (Å²) < 4.78 is 16.9. The second kappa shape index (κ2) is 69.5. The van der Waals surface area contributed by atoms with Crippen LogP contribution in [-0.2, 0) is 28.6 Å². The third-order valence-electron chi connectivity index (χ3n) is 14.0. The summed E-state index contributed by atoms with van der Waals surface area (Å²) in [6.45, 7) is 6.43. The van der Waals surface area contributed by atoms with E-state index < -0.39 is 6.10 Å². The van der Waals surface area contributed by atoms with Gasteiger partial charge in [0.15, 0.2) is 6.10 Å². The molecule has 0 aliphatic heterocycles. The molecule has 0 saturated carbocycles. The zero-order valence-electron chi connectivity index (χ0n) is 53.7. The second-order valence-corrected chi connectivity index (χ2v) is 22.0. The molecule has 0 aliphatic rings. The lowest BCUT2D eigenvalue weighted by Crippen LogP contribution is -2.30. The Kier molecular flexibility index (Phi) is 65.4. The minimum atomic E-state index is -0.800. The van der Waals surface area contributed by atoms with Crippen LogP contribution in [-0.4, -0.2) is 37.2 Å². The molecule has 0 fully saturated rings. The minimum Gasteiger partial charge on any atom is -0.462 e. The van der Waals surface area contributed by atoms with Crippen LogP contribution in [0.2, 0.25) is 0 Å². The van der Waals surface area contributed by atoms with Crippen molar-refractivity contribution in [2.75, 3.05) is 13.2 Å². The molecule has 0 bridgehead atoms. The molecule has 6 nitrogen and oxygen atoms in total. The molecule has 0 radical (unpaired) electrons. The van der Waals surface area contributed by atoms with E-state index >= 15 is 0 Å². The average molecular weight is 1150 g/mol. The van der Waals surface area contributed by atoms with Gasteiger partial charge in [0.25, 0.3) is 0 Å². The van der Waals surface area contributed by atoms with Crippen LogP contribution in [0.5, 0.6) is 0 Å². The summed E-state index contributed by atoms with van der Waals surface area (Å²) in [5.74, 6) is -0.930. The van der Waals surface area contributed by atoms with E-state index in [4.69, 9.17) is 14.2 Å². The minimum absolute atomic E-state index is 0.0958. The topological polar surface area (TPSA) is 78.9 Å². The maximum absolute atomic E-state index is 12.9. The molecule has 0 amide bonds. The molecule has 1 unspecified atom stereocenters. The van der Waals surface area contributed by atoms with Crippen molar-refractivity contribution in [1.82, 2.24) is 0 Å². The molecular weight excluding hydrogens is 1020 g/mol. The zero-order chi connectivity index (χ0) is 59.9. The van der Waals surface area contributed by atoms with Crippen molar-refractivity contribution in [3.05, 3.63) is 158 Å². The van der Waals surface area contributed by atoms with Gasteiger partial charge in [-0.15, -0.1) is 0 Å². The van der Waals surface area contributed by atoms with Gasteiger partial charge in [-0.2, -0.15) is 0 Å². The Morgan fingerprint density at radius 2 is 0.482 bits per heavy atom. The quantitative estimate of drug-likeness (QED) is 0.0261. The fraction of sp³-hybridized carbons (Fsp3) is 0.623. The van der Waals surface area contributed by atoms with Crippen LogP contribution in [0.4, 0.5) is 0 Å². The highest BCUT2D eigenvalue weighted by atomic mass is 16.6. The first-order chi connectivity index (χ1) is 41.0. The first kappa shape index (κ1) is 78.0. The normalized spacial score (nSPS) is 13.1. The number of unbranched alkanes of at least 4 members (excludes halogenated alkanes) is 23. The Morgan fingerprint density at radius 3 is 0.783 bits per heavy atom. The van der Waals surface area contributed by atoms with E-state index in [9.17, 15) is 14.4 Å². The lowest BCUT2D eigenvalue weighted by Gasteiger charge is -2.18. The summed E-state index contributed by atoms with van der Waals surface area (Å²) >= 11 is 0. The van der Waals surface area contributed by atoms with Crippen molar-refractivity contribution in [3.8, 4) is 0 Å². The summed E-state index contributed by atoms with van der Waals surface area (Å²) in [4.78, 5) is 38.3. The third-order valence-corrected chi connectivity index (χ3v) is 14.0. The predicted octanol–water partition coefficient (Wildman–Crippen LogP) is 23.7. The molecule has 0 heterocycles. The van der Waals surface area contributed by atoms with Gasteiger partial charge >= 0.3 is 17.9 Å². The summed E-state index contributed by atoms with van der Waals surface area (Å²) in [5.41, 5.74) is 0. The first-order valence-corrected chi connectivity index (χ1v) is 34.0. The fourth-order valence-corrected chi connectivity index (χ4v) is 8.89. The molecule has 0 aromatic carbocycles. The molecule has 0 rings (SSSR count). The van der Waals surface area contributed by atoms with Gasteiger partial charge in [0, 0.05) is 19.3 Å². The van der Waals surface area contributed by atoms with Gasteiger partial charge in [0.05, 0.1) is 0 Å². The maximum Gasteiger partial charge on any atom is 0.306 e. The summed E-state index contributed by atoms with van der Waals surface area (Å²) in [6.07, 6.45) is 101. The smallest absolute Gasteiger partial charge is 0.306 e. The van der Waals surface area contributed by atoms with Gasteiger partial charge in [-0.05, 0) is 148 Å². The third kappa shape index (κ3) is 67.7. The lowest BCUT2D eigenvalue weighted by molar-refractivity contribution is -0.167. The van der Waals surface area contributed by atoms with Crippen LogP contribution in [0, 0.1) is 0 Å². The molecule has 0 aromatic heterocycles. The maximum atomic E-state index is 12.9. The predicted molar refractivity (Wildman–Crippen MR) is 362 cm³/mol. The van der Waals surface area contributed by atoms with Crippen LogP contribution in [0.1, 0.15) is 290 Å². The molecule has 0 aromatic rings. The number of hydrogen-bond acceptors (Lipinski definition) is 6. The van der Waals surface area contributed by atoms with Crippen LogP contribution in [0.15, 0.2) is 158 Å². The number of hydrogen-bond donors (Lipinski definition) is 0. The van der Waals surface area contributed by atoms with E-state index in [2.05, 4.69) is 179 Å². The van der Waals surface area contributed by atoms with E-state index in [-0.39, 0.29) is 31.1 Å². The van der Waals surface area contributed by atoms with Crippen molar-refractivity contribution in [3.63, 3.8) is 0 Å². The monoisotopic (exact) mass is 1140 g/mol. The number of ether oxygens (including phenoxy) is 3. The van der Waals surface area contributed by atoms with Crippen molar-refractivity contribution in [1.29, 1.82) is 0 Å². The standard InChI is InChI=1S/C77H124O6/c1-4-7-10-13-16-19-22-24-26-28-30-31-32-33-34-35-36-37-38-39-40-41-42-43-44-45-47-48-50-52-55-58-61-64-67-70-76(79)82-73-74(72-81-75(78)69-66-63-60-57-54-21-18-15-12-9-6-3)83-77(80)71-68-65-62-59-56-53-51-49-46-29-27-25-23-20-17-14-11-8-5-2/h7,10,15-20,24-27,30-31,33-34,36-37,39-40,42-43,45-47,49,74H,4-6,8-9,11-14,21-23,28-29,32,35,38,41,44,48,50-73H2,1-3H3/b10-7-,18-15-,19-16-,20-17-,26-24-,27-25-,31-30-,34-33-,37-36-,40-39-,43-42-,47-45-,49-46-. The van der Waals surface area contributed by atoms with E-state index in [1.54, 1.807) is 0 Å². The Balaban J connectivity index is 4.29. The fourth-order valence-electron chi connectivity index (χ4n) is 8.89. The number of allylic oxidation sites excluding steroid dienone is 26. The Bertz CT molecular complexity index is 1840. The molecule has 0 aliphatic carbocycles. The van der Waals surface area contributed by atoms with Gasteiger partial charge < -0.3 is 14.2 Å². The van der Waals surface area contributed by atoms with Crippen LogP contribution in [0.3, 0.4) is 0 Å². The molecule has 1 atom stereocenters. The van der Waals surface area contributed by atoms with Gasteiger partial charge in [-0.25, -0.2) is 0 Å². The van der Waals surface area contributed by atoms with Gasteiger partial charge in [0.1, 0.15) is 13.2 Å². The van der Waals surface area contributed by atoms with Gasteiger partial charge in [-0.3, -0.25) is 14.4 Å². The average Bonchev–Trinajstić information content (AvgIpc) is 3.48. The molecule has 0 N–H and O–H groups in total. The number of carbonyl (C=O) groups excluding carboxylic acids is 3. The molecule has 6 heteroatoms. The highest BCUT2D eigenvalue weighted by molar-refractivity contribution is 5.71. The number of rotatable bonds is 60. The first-order valence-electron chi connectivity index (χ1n) is 34.0. The zero-order valence-corrected chi connectivity index (χ0v) is 53.7. The largest absolute Gasteiger partial charge is 0.462 e. The molecule has 0 spiro atoms. The lowest BCUT2D eigenvalue weighted by atomic mass is 10.1. The second-order valence-electron chi connectivity index (χ2n) is 22.0. The molecular formula is C77H124O6. The van der Waals surface area contributed by atoms with Crippen LogP contribution >= 0.6 is 0 Å². The van der Waals surface area contributed by atoms with Crippen molar-refractivity contribution in [2.24, 2.45) is 0 Å². The highest BCUT2D eigenvalue weighted by Crippen LogP contribution is 2.15. The Hall–Kier alpha value is -4.97. The Labute approximate surface area is 511 Å². The highest BCUT2D eigenvalue weighted by Gasteiger charge is 2.19. The van der Waals surface area contributed by atoms with E-state index in [0.717, 1.165) is 161 Å². The SMILES string of the molecule is CC/C=C\C/C=C\C/C=C\C/C=C\C/C=C\C/C=C\C/C=C\C/C=C\C/C=C\CCCCCCCCCC(=O)OCC(COC(=O)CCCCCCC/C=C\CCCC)OC(=O)CCCCCCCC/C=C\C/C=C\C/C=C\CCCCC. The molecule has 468 valence electrons. The van der Waals surface area contributed by atoms with Crippen molar-refractivity contribution < 1.29 is 28.6 Å². The number of esters is 3. The summed E-state index contributed by atoms with van der Waals surface area (Å²) in [5, 5.41) is 0. The van der Waals surface area contributed by atoms with Gasteiger partial charge in [-0.1, -0.05) is 281 Å². The van der Waals surface area contributed by atoms with Crippen molar-refractivity contribution >= 4 is 17.9 Å². The number of carbonyl (C=O) groups is 3. The van der Waals surface area contributed by atoms with Crippen LogP contribution < -0.4 is 0 Å². The molecule has 0 saturated heterocycles. The molecule has 83 heavy (non-hydrogen) atoms. The van der Waals surface area contributed by atoms with Crippen LogP contribution in [0.25, 0.3) is 0 Å². The van der Waals surface area contributed by atoms with Gasteiger partial charge in [0.2, 0.25) is 0 Å². The summed E-state index contributed by atoms with van der Waals surface area (Å²) in [7, 11) is 0. The Morgan fingerprint density at radius 1 is 0.253 bits per heavy atom. The van der Waals surface area contributed by atoms with E-state index in [0.29, 0.717) is 19.3 Å². The van der Waals surface area contributed by atoms with E-state index in [1.165, 1.54) is 89.9 Å². The summed E-state index contributed by atoms with van der Waals surface area (Å²) in [6, 6.07) is 0. The van der Waals surface area contributed by atoms with Crippen molar-refractivity contribution in [2.45, 2.75) is 297 Å².